The summed E-state index contributed by atoms with van der Waals surface area (Å²) in [5, 5.41) is 4.14. The van der Waals surface area contributed by atoms with Crippen LogP contribution in [0.1, 0.15) is 34.1 Å². The number of carbonyl (C=O) groups is 2. The fraction of sp³-hybridized carbons (Fsp3) is 0.300. The van der Waals surface area contributed by atoms with E-state index in [0.29, 0.717) is 16.5 Å². The first-order chi connectivity index (χ1) is 12.9. The Morgan fingerprint density at radius 3 is 2.96 bits per heavy atom. The molecule has 0 saturated carbocycles. The Morgan fingerprint density at radius 1 is 1.37 bits per heavy atom. The molecule has 3 aromatic rings. The normalized spacial score (nSPS) is 16.3. The van der Waals surface area contributed by atoms with Crippen molar-refractivity contribution in [2.75, 3.05) is 5.32 Å². The molecule has 2 aromatic heterocycles. The van der Waals surface area contributed by atoms with E-state index >= 15 is 0 Å². The molecule has 1 aliphatic carbocycles. The Morgan fingerprint density at radius 2 is 2.19 bits per heavy atom. The predicted molar refractivity (Wildman–Crippen MR) is 105 cm³/mol. The van der Waals surface area contributed by atoms with Gasteiger partial charge >= 0.3 is 0 Å². The number of hydrogen-bond donors (Lipinski definition) is 2. The number of carbonyl (C=O) groups excluding carboxylic acids is 2. The number of thiophene rings is 1. The van der Waals surface area contributed by atoms with Crippen LogP contribution in [-0.4, -0.2) is 16.4 Å². The van der Waals surface area contributed by atoms with Gasteiger partial charge in [-0.15, -0.1) is 11.3 Å². The van der Waals surface area contributed by atoms with Crippen molar-refractivity contribution >= 4 is 39.1 Å². The van der Waals surface area contributed by atoms with E-state index in [2.05, 4.69) is 12.2 Å². The molecule has 5 nitrogen and oxygen atoms in total. The Labute approximate surface area is 160 Å². The Hall–Kier alpha value is -2.67. The second kappa shape index (κ2) is 6.81. The zero-order chi connectivity index (χ0) is 19.1. The van der Waals surface area contributed by atoms with Gasteiger partial charge in [0.05, 0.1) is 5.56 Å². The standard InChI is InChI=1S/C20H20FN3O2S/c1-11-2-4-14-16(8-11)27-20(18(14)19(22)26)23-17(25)10-24-7-6-12-9-13(21)3-5-15(12)24/h3,5-7,9,11H,2,4,8,10H2,1H3,(H2,22,26)(H,23,25). The quantitative estimate of drug-likeness (QED) is 0.718. The first kappa shape index (κ1) is 17.7. The number of amides is 2. The van der Waals surface area contributed by atoms with Gasteiger partial charge in [-0.3, -0.25) is 9.59 Å². The van der Waals surface area contributed by atoms with Gasteiger partial charge in [0.1, 0.15) is 17.4 Å². The number of fused-ring (bicyclic) bond motifs is 2. The van der Waals surface area contributed by atoms with E-state index in [4.69, 9.17) is 5.73 Å². The SMILES string of the molecule is CC1CCc2c(sc(NC(=O)Cn3ccc4cc(F)ccc43)c2C(N)=O)C1. The monoisotopic (exact) mass is 385 g/mol. The minimum atomic E-state index is -0.501. The van der Waals surface area contributed by atoms with Crippen molar-refractivity contribution in [2.45, 2.75) is 32.7 Å². The topological polar surface area (TPSA) is 77.1 Å². The maximum atomic E-state index is 13.3. The second-order valence-electron chi connectivity index (χ2n) is 7.12. The van der Waals surface area contributed by atoms with Gasteiger partial charge in [-0.25, -0.2) is 4.39 Å². The summed E-state index contributed by atoms with van der Waals surface area (Å²) in [5.74, 6) is -0.494. The Balaban J connectivity index is 1.58. The van der Waals surface area contributed by atoms with Gasteiger partial charge in [-0.1, -0.05) is 6.92 Å². The first-order valence-corrected chi connectivity index (χ1v) is 9.72. The van der Waals surface area contributed by atoms with E-state index in [0.717, 1.165) is 40.6 Å². The molecule has 2 heterocycles. The number of hydrogen-bond acceptors (Lipinski definition) is 3. The van der Waals surface area contributed by atoms with E-state index in [-0.39, 0.29) is 18.3 Å². The van der Waals surface area contributed by atoms with E-state index in [1.807, 2.05) is 0 Å². The Bertz CT molecular complexity index is 1050. The smallest absolute Gasteiger partial charge is 0.251 e. The zero-order valence-electron chi connectivity index (χ0n) is 14.9. The third kappa shape index (κ3) is 3.35. The summed E-state index contributed by atoms with van der Waals surface area (Å²) in [4.78, 5) is 25.7. The molecule has 27 heavy (non-hydrogen) atoms. The van der Waals surface area contributed by atoms with Crippen molar-refractivity contribution < 1.29 is 14.0 Å². The van der Waals surface area contributed by atoms with Crippen molar-refractivity contribution in [3.8, 4) is 0 Å². The molecule has 7 heteroatoms. The van der Waals surface area contributed by atoms with Gasteiger partial charge in [-0.2, -0.15) is 0 Å². The number of rotatable bonds is 4. The lowest BCUT2D eigenvalue weighted by molar-refractivity contribution is -0.116. The van der Waals surface area contributed by atoms with Gasteiger partial charge in [0, 0.05) is 22.0 Å². The molecule has 4 rings (SSSR count). The number of nitrogens with one attached hydrogen (secondary N) is 1. The van der Waals surface area contributed by atoms with Crippen molar-refractivity contribution in [1.82, 2.24) is 4.57 Å². The van der Waals surface area contributed by atoms with Crippen molar-refractivity contribution in [1.29, 1.82) is 0 Å². The van der Waals surface area contributed by atoms with Crippen molar-refractivity contribution in [2.24, 2.45) is 11.7 Å². The number of benzene rings is 1. The molecule has 1 atom stereocenters. The summed E-state index contributed by atoms with van der Waals surface area (Å²) in [6.45, 7) is 2.26. The van der Waals surface area contributed by atoms with Crippen molar-refractivity contribution in [3.05, 3.63) is 52.3 Å². The summed E-state index contributed by atoms with van der Waals surface area (Å²) in [6, 6.07) is 6.23. The molecule has 1 unspecified atom stereocenters. The third-order valence-corrected chi connectivity index (χ3v) is 6.23. The summed E-state index contributed by atoms with van der Waals surface area (Å²) in [6.07, 6.45) is 4.49. The molecule has 3 N–H and O–H groups in total. The van der Waals surface area contributed by atoms with Crippen LogP contribution in [-0.2, 0) is 24.2 Å². The third-order valence-electron chi connectivity index (χ3n) is 5.06. The highest BCUT2D eigenvalue weighted by molar-refractivity contribution is 7.17. The largest absolute Gasteiger partial charge is 0.365 e. The number of aromatic nitrogens is 1. The molecule has 0 saturated heterocycles. The van der Waals surface area contributed by atoms with Crippen LogP contribution in [0.4, 0.5) is 9.39 Å². The fourth-order valence-corrected chi connectivity index (χ4v) is 5.16. The highest BCUT2D eigenvalue weighted by atomic mass is 32.1. The fourth-order valence-electron chi connectivity index (χ4n) is 3.73. The summed E-state index contributed by atoms with van der Waals surface area (Å²) in [5.41, 5.74) is 7.81. The van der Waals surface area contributed by atoms with E-state index < -0.39 is 5.91 Å². The molecule has 0 radical (unpaired) electrons. The lowest BCUT2D eigenvalue weighted by Gasteiger charge is -2.18. The van der Waals surface area contributed by atoms with E-state index in [9.17, 15) is 14.0 Å². The van der Waals surface area contributed by atoms with Crippen LogP contribution < -0.4 is 11.1 Å². The average Bonchev–Trinajstić information content (AvgIpc) is 3.14. The highest BCUT2D eigenvalue weighted by Gasteiger charge is 2.27. The maximum Gasteiger partial charge on any atom is 0.251 e. The molecule has 0 spiro atoms. The molecular formula is C20H20FN3O2S. The van der Waals surface area contributed by atoms with Crippen LogP contribution in [0.15, 0.2) is 30.5 Å². The van der Waals surface area contributed by atoms with Crippen LogP contribution in [0, 0.1) is 11.7 Å². The maximum absolute atomic E-state index is 13.3. The van der Waals surface area contributed by atoms with E-state index in [1.165, 1.54) is 23.5 Å². The molecule has 0 bridgehead atoms. The molecular weight excluding hydrogens is 365 g/mol. The molecule has 0 aliphatic heterocycles. The van der Waals surface area contributed by atoms with Gasteiger partial charge in [0.2, 0.25) is 5.91 Å². The Kier molecular flexibility index (Phi) is 4.47. The average molecular weight is 385 g/mol. The number of halogens is 1. The van der Waals surface area contributed by atoms with Crippen LogP contribution in [0.5, 0.6) is 0 Å². The van der Waals surface area contributed by atoms with Crippen LogP contribution in [0.25, 0.3) is 10.9 Å². The summed E-state index contributed by atoms with van der Waals surface area (Å²) in [7, 11) is 0. The van der Waals surface area contributed by atoms with Gasteiger partial charge in [0.15, 0.2) is 0 Å². The van der Waals surface area contributed by atoms with Crippen LogP contribution in [0.2, 0.25) is 0 Å². The van der Waals surface area contributed by atoms with Crippen LogP contribution in [0.3, 0.4) is 0 Å². The van der Waals surface area contributed by atoms with E-state index in [1.54, 1.807) is 22.9 Å². The summed E-state index contributed by atoms with van der Waals surface area (Å²) < 4.78 is 15.1. The molecule has 1 aliphatic rings. The number of anilines is 1. The molecule has 1 aromatic carbocycles. The first-order valence-electron chi connectivity index (χ1n) is 8.91. The second-order valence-corrected chi connectivity index (χ2v) is 8.22. The number of nitrogens with zero attached hydrogens (tertiary/aromatic N) is 1. The molecule has 140 valence electrons. The molecule has 0 fully saturated rings. The van der Waals surface area contributed by atoms with Gasteiger partial charge in [0.25, 0.3) is 5.91 Å². The van der Waals surface area contributed by atoms with Crippen molar-refractivity contribution in [3.63, 3.8) is 0 Å². The number of primary amides is 1. The molecule has 2 amide bonds. The van der Waals surface area contributed by atoms with Gasteiger partial charge in [-0.05, 0) is 55.0 Å². The van der Waals surface area contributed by atoms with Crippen LogP contribution >= 0.6 is 11.3 Å². The summed E-state index contributed by atoms with van der Waals surface area (Å²) >= 11 is 1.45. The lowest BCUT2D eigenvalue weighted by Crippen LogP contribution is -2.21. The highest BCUT2D eigenvalue weighted by Crippen LogP contribution is 2.39. The predicted octanol–water partition coefficient (Wildman–Crippen LogP) is 3.70. The number of nitrogens with two attached hydrogens (primary N) is 1. The minimum Gasteiger partial charge on any atom is -0.365 e. The van der Waals surface area contributed by atoms with Gasteiger partial charge < -0.3 is 15.6 Å². The minimum absolute atomic E-state index is 0.0757. The zero-order valence-corrected chi connectivity index (χ0v) is 15.7. The lowest BCUT2D eigenvalue weighted by atomic mass is 9.88.